The van der Waals surface area contributed by atoms with Gasteiger partial charge in [0.25, 0.3) is 0 Å². The fourth-order valence-corrected chi connectivity index (χ4v) is 2.88. The zero-order valence-electron chi connectivity index (χ0n) is 13.1. The molecule has 0 spiro atoms. The highest BCUT2D eigenvalue weighted by Gasteiger charge is 2.35. The normalized spacial score (nSPS) is 15.5. The van der Waals surface area contributed by atoms with Crippen molar-refractivity contribution in [1.29, 1.82) is 0 Å². The van der Waals surface area contributed by atoms with Crippen LogP contribution in [-0.4, -0.2) is 26.4 Å². The molecule has 0 aromatic carbocycles. The summed E-state index contributed by atoms with van der Waals surface area (Å²) in [7, 11) is 0. The van der Waals surface area contributed by atoms with Gasteiger partial charge in [-0.1, -0.05) is 13.3 Å². The van der Waals surface area contributed by atoms with Crippen molar-refractivity contribution in [2.75, 3.05) is 0 Å². The molecule has 116 valence electrons. The van der Waals surface area contributed by atoms with Crippen molar-refractivity contribution in [3.8, 4) is 0 Å². The summed E-state index contributed by atoms with van der Waals surface area (Å²) in [5.41, 5.74) is 1.15. The summed E-state index contributed by atoms with van der Waals surface area (Å²) in [5, 5.41) is 0. The average Bonchev–Trinajstić information content (AvgIpc) is 3.25. The molecule has 4 nitrogen and oxygen atoms in total. The van der Waals surface area contributed by atoms with E-state index in [1.54, 1.807) is 12.4 Å². The molecule has 0 saturated heterocycles. The summed E-state index contributed by atoms with van der Waals surface area (Å²) >= 11 is 0. The Hall–Kier alpha value is -2.10. The van der Waals surface area contributed by atoms with Gasteiger partial charge in [-0.05, 0) is 49.1 Å². The van der Waals surface area contributed by atoms with E-state index in [-0.39, 0.29) is 11.9 Å². The Balaban J connectivity index is 1.79. The Labute approximate surface area is 131 Å². The third-order valence-corrected chi connectivity index (χ3v) is 4.21. The fraction of sp³-hybridized carbons (Fsp3) is 0.444. The van der Waals surface area contributed by atoms with E-state index >= 15 is 0 Å². The van der Waals surface area contributed by atoms with Crippen molar-refractivity contribution in [2.24, 2.45) is 0 Å². The third kappa shape index (κ3) is 3.38. The van der Waals surface area contributed by atoms with Gasteiger partial charge in [-0.3, -0.25) is 9.78 Å². The SMILES string of the molecule is CCCC(C(=O)N(Cc1ccncc1)C1CC1)n1cccc1. The molecular formula is C18H23N3O. The van der Waals surface area contributed by atoms with Crippen LogP contribution in [0.5, 0.6) is 0 Å². The minimum atomic E-state index is -0.0811. The van der Waals surface area contributed by atoms with Crippen LogP contribution in [0.1, 0.15) is 44.2 Å². The molecule has 2 aromatic heterocycles. The van der Waals surface area contributed by atoms with E-state index in [2.05, 4.69) is 16.8 Å². The van der Waals surface area contributed by atoms with Crippen LogP contribution in [-0.2, 0) is 11.3 Å². The van der Waals surface area contributed by atoms with E-state index < -0.39 is 0 Å². The van der Waals surface area contributed by atoms with Crippen molar-refractivity contribution in [3.05, 3.63) is 54.6 Å². The maximum absolute atomic E-state index is 13.1. The second-order valence-electron chi connectivity index (χ2n) is 5.99. The third-order valence-electron chi connectivity index (χ3n) is 4.21. The first kappa shape index (κ1) is 14.8. The summed E-state index contributed by atoms with van der Waals surface area (Å²) in [6, 6.07) is 8.29. The van der Waals surface area contributed by atoms with Crippen LogP contribution in [0.2, 0.25) is 0 Å². The molecule has 1 aliphatic carbocycles. The zero-order chi connectivity index (χ0) is 15.4. The summed E-state index contributed by atoms with van der Waals surface area (Å²) < 4.78 is 2.05. The maximum Gasteiger partial charge on any atom is 0.246 e. The van der Waals surface area contributed by atoms with E-state index in [0.29, 0.717) is 12.6 Å². The van der Waals surface area contributed by atoms with Crippen molar-refractivity contribution < 1.29 is 4.79 Å². The first-order valence-corrected chi connectivity index (χ1v) is 8.11. The molecule has 1 amide bonds. The zero-order valence-corrected chi connectivity index (χ0v) is 13.1. The highest BCUT2D eigenvalue weighted by Crippen LogP contribution is 2.31. The van der Waals surface area contributed by atoms with Crippen molar-refractivity contribution in [2.45, 2.75) is 51.2 Å². The molecule has 22 heavy (non-hydrogen) atoms. The molecule has 1 saturated carbocycles. The van der Waals surface area contributed by atoms with Crippen LogP contribution in [0.25, 0.3) is 0 Å². The molecular weight excluding hydrogens is 274 g/mol. The molecule has 0 radical (unpaired) electrons. The van der Waals surface area contributed by atoms with Gasteiger partial charge >= 0.3 is 0 Å². The quantitative estimate of drug-likeness (QED) is 0.785. The van der Waals surface area contributed by atoms with Gasteiger partial charge in [0.1, 0.15) is 6.04 Å². The molecule has 1 aliphatic rings. The Morgan fingerprint density at radius 3 is 2.59 bits per heavy atom. The lowest BCUT2D eigenvalue weighted by molar-refractivity contribution is -0.136. The van der Waals surface area contributed by atoms with Crippen molar-refractivity contribution >= 4 is 5.91 Å². The lowest BCUT2D eigenvalue weighted by Crippen LogP contribution is -2.38. The van der Waals surface area contributed by atoms with Crippen LogP contribution in [0.3, 0.4) is 0 Å². The molecule has 0 aliphatic heterocycles. The van der Waals surface area contributed by atoms with E-state index in [9.17, 15) is 4.79 Å². The number of carbonyl (C=O) groups excluding carboxylic acids is 1. The minimum Gasteiger partial charge on any atom is -0.342 e. The number of amides is 1. The highest BCUT2D eigenvalue weighted by molar-refractivity contribution is 5.81. The summed E-state index contributed by atoms with van der Waals surface area (Å²) in [6.07, 6.45) is 11.7. The second-order valence-corrected chi connectivity index (χ2v) is 5.99. The smallest absolute Gasteiger partial charge is 0.246 e. The van der Waals surface area contributed by atoms with Crippen molar-refractivity contribution in [1.82, 2.24) is 14.5 Å². The van der Waals surface area contributed by atoms with Gasteiger partial charge < -0.3 is 9.47 Å². The first-order chi connectivity index (χ1) is 10.8. The number of hydrogen-bond donors (Lipinski definition) is 0. The molecule has 4 heteroatoms. The molecule has 0 bridgehead atoms. The largest absolute Gasteiger partial charge is 0.342 e. The first-order valence-electron chi connectivity index (χ1n) is 8.11. The molecule has 1 atom stereocenters. The van der Waals surface area contributed by atoms with Crippen LogP contribution in [0.15, 0.2) is 49.1 Å². The predicted octanol–water partition coefficient (Wildman–Crippen LogP) is 3.42. The summed E-state index contributed by atoms with van der Waals surface area (Å²) in [5.74, 6) is 0.248. The monoisotopic (exact) mass is 297 g/mol. The number of rotatable bonds is 7. The molecule has 3 rings (SSSR count). The predicted molar refractivity (Wildman–Crippen MR) is 86.2 cm³/mol. The van der Waals surface area contributed by atoms with E-state index in [4.69, 9.17) is 0 Å². The Morgan fingerprint density at radius 2 is 2.00 bits per heavy atom. The number of carbonyl (C=O) groups is 1. The number of aromatic nitrogens is 2. The Bertz CT molecular complexity index is 590. The van der Waals surface area contributed by atoms with Gasteiger partial charge in [0.2, 0.25) is 5.91 Å². The van der Waals surface area contributed by atoms with Gasteiger partial charge in [0.15, 0.2) is 0 Å². The average molecular weight is 297 g/mol. The van der Waals surface area contributed by atoms with Gasteiger partial charge in [0.05, 0.1) is 0 Å². The number of hydrogen-bond acceptors (Lipinski definition) is 2. The highest BCUT2D eigenvalue weighted by atomic mass is 16.2. The van der Waals surface area contributed by atoms with Crippen LogP contribution in [0.4, 0.5) is 0 Å². The second kappa shape index (κ2) is 6.77. The van der Waals surface area contributed by atoms with Gasteiger partial charge in [0, 0.05) is 37.4 Å². The van der Waals surface area contributed by atoms with Crippen LogP contribution < -0.4 is 0 Å². The van der Waals surface area contributed by atoms with Gasteiger partial charge in [-0.15, -0.1) is 0 Å². The van der Waals surface area contributed by atoms with E-state index in [1.165, 1.54) is 0 Å². The standard InChI is InChI=1S/C18H23N3O/c1-2-5-17(20-12-3-4-13-20)18(22)21(16-6-7-16)14-15-8-10-19-11-9-15/h3-4,8-13,16-17H,2,5-7,14H2,1H3. The number of nitrogens with zero attached hydrogens (tertiary/aromatic N) is 3. The Kier molecular flexibility index (Phi) is 4.56. The van der Waals surface area contributed by atoms with Crippen molar-refractivity contribution in [3.63, 3.8) is 0 Å². The Morgan fingerprint density at radius 1 is 1.32 bits per heavy atom. The summed E-state index contributed by atoms with van der Waals surface area (Å²) in [4.78, 5) is 19.2. The minimum absolute atomic E-state index is 0.0811. The summed E-state index contributed by atoms with van der Waals surface area (Å²) in [6.45, 7) is 2.82. The molecule has 2 heterocycles. The van der Waals surface area contributed by atoms with E-state index in [0.717, 1.165) is 31.2 Å². The lowest BCUT2D eigenvalue weighted by Gasteiger charge is -2.28. The fourth-order valence-electron chi connectivity index (χ4n) is 2.88. The topological polar surface area (TPSA) is 38.1 Å². The lowest BCUT2D eigenvalue weighted by atomic mass is 10.1. The van der Waals surface area contributed by atoms with Gasteiger partial charge in [-0.2, -0.15) is 0 Å². The molecule has 1 unspecified atom stereocenters. The molecule has 1 fully saturated rings. The maximum atomic E-state index is 13.1. The molecule has 0 N–H and O–H groups in total. The van der Waals surface area contributed by atoms with Crippen LogP contribution >= 0.6 is 0 Å². The van der Waals surface area contributed by atoms with Crippen LogP contribution in [0, 0.1) is 0 Å². The molecule has 2 aromatic rings. The van der Waals surface area contributed by atoms with E-state index in [1.807, 2.05) is 41.2 Å². The number of pyridine rings is 1. The van der Waals surface area contributed by atoms with Gasteiger partial charge in [-0.25, -0.2) is 0 Å².